The molecular weight excluding hydrogens is 332 g/mol. The molecule has 0 bridgehead atoms. The standard InChI is InChI=1S/C13H14BrClN2O2/c1-7-5-17(6-10(7)12(16)18)13(19)9-4-8(15)2-3-11(9)14/h2-4,7,10H,5-6H2,1H3,(H2,16,18)/t7-,10-/m1/s1. The average Bonchev–Trinajstić information content (AvgIpc) is 2.74. The molecule has 1 aromatic carbocycles. The summed E-state index contributed by atoms with van der Waals surface area (Å²) in [5, 5.41) is 0.505. The van der Waals surface area contributed by atoms with Crippen LogP contribution in [0.2, 0.25) is 5.02 Å². The first-order valence-corrected chi connectivity index (χ1v) is 7.11. The zero-order valence-corrected chi connectivity index (χ0v) is 12.7. The summed E-state index contributed by atoms with van der Waals surface area (Å²) in [5.41, 5.74) is 5.84. The molecule has 1 heterocycles. The van der Waals surface area contributed by atoms with Gasteiger partial charge in [-0.3, -0.25) is 9.59 Å². The molecule has 0 aromatic heterocycles. The summed E-state index contributed by atoms with van der Waals surface area (Å²) < 4.78 is 0.692. The zero-order chi connectivity index (χ0) is 14.2. The summed E-state index contributed by atoms with van der Waals surface area (Å²) in [6.45, 7) is 2.83. The second-order valence-corrected chi connectivity index (χ2v) is 6.11. The summed E-state index contributed by atoms with van der Waals surface area (Å²) in [6.07, 6.45) is 0. The van der Waals surface area contributed by atoms with Crippen LogP contribution in [0, 0.1) is 11.8 Å². The second-order valence-electron chi connectivity index (χ2n) is 4.82. The zero-order valence-electron chi connectivity index (χ0n) is 10.4. The van der Waals surface area contributed by atoms with E-state index < -0.39 is 0 Å². The molecule has 1 fully saturated rings. The first kappa shape index (κ1) is 14.3. The van der Waals surface area contributed by atoms with Crippen LogP contribution < -0.4 is 5.73 Å². The van der Waals surface area contributed by atoms with E-state index in [4.69, 9.17) is 17.3 Å². The molecule has 1 aliphatic rings. The maximum absolute atomic E-state index is 12.4. The number of likely N-dealkylation sites (tertiary alicyclic amines) is 1. The Labute approximate surface area is 125 Å². The average molecular weight is 346 g/mol. The van der Waals surface area contributed by atoms with E-state index >= 15 is 0 Å². The maximum atomic E-state index is 12.4. The van der Waals surface area contributed by atoms with Gasteiger partial charge in [-0.2, -0.15) is 0 Å². The lowest BCUT2D eigenvalue weighted by Gasteiger charge is -2.17. The van der Waals surface area contributed by atoms with Crippen molar-refractivity contribution < 1.29 is 9.59 Å². The lowest BCUT2D eigenvalue weighted by atomic mass is 9.98. The Morgan fingerprint density at radius 1 is 1.42 bits per heavy atom. The Morgan fingerprint density at radius 2 is 2.11 bits per heavy atom. The number of rotatable bonds is 2. The van der Waals surface area contributed by atoms with Crippen LogP contribution in [0.5, 0.6) is 0 Å². The maximum Gasteiger partial charge on any atom is 0.255 e. The molecule has 19 heavy (non-hydrogen) atoms. The van der Waals surface area contributed by atoms with E-state index in [-0.39, 0.29) is 23.7 Å². The van der Waals surface area contributed by atoms with Gasteiger partial charge < -0.3 is 10.6 Å². The summed E-state index contributed by atoms with van der Waals surface area (Å²) in [6, 6.07) is 5.07. The number of hydrogen-bond donors (Lipinski definition) is 1. The summed E-state index contributed by atoms with van der Waals surface area (Å²) in [7, 11) is 0. The van der Waals surface area contributed by atoms with Crippen LogP contribution >= 0.6 is 27.5 Å². The van der Waals surface area contributed by atoms with Gasteiger partial charge in [0.1, 0.15) is 0 Å². The van der Waals surface area contributed by atoms with E-state index in [0.717, 1.165) is 0 Å². The van der Waals surface area contributed by atoms with Crippen LogP contribution in [0.4, 0.5) is 0 Å². The largest absolute Gasteiger partial charge is 0.369 e. The van der Waals surface area contributed by atoms with Crippen molar-refractivity contribution in [3.8, 4) is 0 Å². The SMILES string of the molecule is C[C@@H]1CN(C(=O)c2cc(Cl)ccc2Br)C[C@H]1C(N)=O. The molecule has 2 rings (SSSR count). The fourth-order valence-corrected chi connectivity index (χ4v) is 2.92. The van der Waals surface area contributed by atoms with E-state index in [0.29, 0.717) is 28.1 Å². The summed E-state index contributed by atoms with van der Waals surface area (Å²) in [5.74, 6) is -0.681. The summed E-state index contributed by atoms with van der Waals surface area (Å²) in [4.78, 5) is 25.4. The molecule has 2 atom stereocenters. The molecule has 2 amide bonds. The van der Waals surface area contributed by atoms with Crippen molar-refractivity contribution in [1.82, 2.24) is 4.90 Å². The Balaban J connectivity index is 2.22. The number of carbonyl (C=O) groups is 2. The quantitative estimate of drug-likeness (QED) is 0.894. The number of primary amides is 1. The molecule has 0 unspecified atom stereocenters. The predicted octanol–water partition coefficient (Wildman–Crippen LogP) is 2.30. The highest BCUT2D eigenvalue weighted by atomic mass is 79.9. The van der Waals surface area contributed by atoms with Crippen molar-refractivity contribution in [3.05, 3.63) is 33.3 Å². The molecule has 1 saturated heterocycles. The van der Waals surface area contributed by atoms with E-state index in [1.807, 2.05) is 6.92 Å². The number of nitrogens with two attached hydrogens (primary N) is 1. The minimum Gasteiger partial charge on any atom is -0.369 e. The van der Waals surface area contributed by atoms with E-state index in [2.05, 4.69) is 15.9 Å². The molecule has 1 aromatic rings. The number of nitrogens with zero attached hydrogens (tertiary/aromatic N) is 1. The molecule has 4 nitrogen and oxygen atoms in total. The monoisotopic (exact) mass is 344 g/mol. The van der Waals surface area contributed by atoms with Crippen LogP contribution in [-0.4, -0.2) is 29.8 Å². The van der Waals surface area contributed by atoms with Crippen LogP contribution in [0.15, 0.2) is 22.7 Å². The summed E-state index contributed by atoms with van der Waals surface area (Å²) >= 11 is 9.25. The van der Waals surface area contributed by atoms with Gasteiger partial charge in [-0.05, 0) is 40.0 Å². The van der Waals surface area contributed by atoms with Gasteiger partial charge in [0, 0.05) is 22.6 Å². The smallest absolute Gasteiger partial charge is 0.255 e. The van der Waals surface area contributed by atoms with Crippen molar-refractivity contribution in [2.24, 2.45) is 17.6 Å². The van der Waals surface area contributed by atoms with E-state index in [1.165, 1.54) is 0 Å². The molecule has 2 N–H and O–H groups in total. The van der Waals surface area contributed by atoms with E-state index in [9.17, 15) is 9.59 Å². The Bertz CT molecular complexity index is 535. The van der Waals surface area contributed by atoms with Gasteiger partial charge >= 0.3 is 0 Å². The first-order valence-electron chi connectivity index (χ1n) is 5.93. The van der Waals surface area contributed by atoms with Crippen molar-refractivity contribution in [3.63, 3.8) is 0 Å². The molecule has 0 saturated carbocycles. The minimum atomic E-state index is -0.354. The predicted molar refractivity (Wildman–Crippen MR) is 76.9 cm³/mol. The molecule has 6 heteroatoms. The normalized spacial score (nSPS) is 22.6. The van der Waals surface area contributed by atoms with Crippen molar-refractivity contribution in [1.29, 1.82) is 0 Å². The first-order chi connectivity index (χ1) is 8.90. The van der Waals surface area contributed by atoms with Crippen LogP contribution in [0.25, 0.3) is 0 Å². The van der Waals surface area contributed by atoms with Crippen LogP contribution in [0.3, 0.4) is 0 Å². The van der Waals surface area contributed by atoms with Gasteiger partial charge in [-0.25, -0.2) is 0 Å². The third-order valence-electron chi connectivity index (χ3n) is 3.42. The van der Waals surface area contributed by atoms with Crippen molar-refractivity contribution >= 4 is 39.3 Å². The fourth-order valence-electron chi connectivity index (χ4n) is 2.33. The highest BCUT2D eigenvalue weighted by Crippen LogP contribution is 2.27. The second kappa shape index (κ2) is 5.51. The lowest BCUT2D eigenvalue weighted by molar-refractivity contribution is -0.122. The number of hydrogen-bond acceptors (Lipinski definition) is 2. The highest BCUT2D eigenvalue weighted by Gasteiger charge is 2.36. The number of amides is 2. The third-order valence-corrected chi connectivity index (χ3v) is 4.35. The fraction of sp³-hybridized carbons (Fsp3) is 0.385. The Hall–Kier alpha value is -1.07. The van der Waals surface area contributed by atoms with E-state index in [1.54, 1.807) is 23.1 Å². The Morgan fingerprint density at radius 3 is 2.68 bits per heavy atom. The lowest BCUT2D eigenvalue weighted by Crippen LogP contribution is -2.32. The highest BCUT2D eigenvalue weighted by molar-refractivity contribution is 9.10. The topological polar surface area (TPSA) is 63.4 Å². The van der Waals surface area contributed by atoms with Gasteiger partial charge in [-0.1, -0.05) is 18.5 Å². The van der Waals surface area contributed by atoms with Gasteiger partial charge in [0.05, 0.1) is 11.5 Å². The number of carbonyl (C=O) groups excluding carboxylic acids is 2. The molecule has 0 spiro atoms. The third kappa shape index (κ3) is 2.92. The van der Waals surface area contributed by atoms with Gasteiger partial charge in [0.15, 0.2) is 0 Å². The Kier molecular flexibility index (Phi) is 4.16. The molecule has 1 aliphatic heterocycles. The van der Waals surface area contributed by atoms with Crippen molar-refractivity contribution in [2.75, 3.05) is 13.1 Å². The number of benzene rings is 1. The van der Waals surface area contributed by atoms with Crippen LogP contribution in [-0.2, 0) is 4.79 Å². The van der Waals surface area contributed by atoms with Crippen molar-refractivity contribution in [2.45, 2.75) is 6.92 Å². The van der Waals surface area contributed by atoms with Gasteiger partial charge in [0.25, 0.3) is 5.91 Å². The molecule has 0 aliphatic carbocycles. The molecule has 0 radical (unpaired) electrons. The van der Waals surface area contributed by atoms with Crippen LogP contribution in [0.1, 0.15) is 17.3 Å². The van der Waals surface area contributed by atoms with Gasteiger partial charge in [-0.15, -0.1) is 0 Å². The molecule has 102 valence electrons. The minimum absolute atomic E-state index is 0.0828. The number of halogens is 2. The molecular formula is C13H14BrClN2O2. The van der Waals surface area contributed by atoms with Gasteiger partial charge in [0.2, 0.25) is 5.91 Å².